The lowest BCUT2D eigenvalue weighted by molar-refractivity contribution is -0.384. The van der Waals surface area contributed by atoms with Gasteiger partial charge in [-0.3, -0.25) is 10.1 Å². The van der Waals surface area contributed by atoms with Crippen molar-refractivity contribution < 1.29 is 10.0 Å². The zero-order valence-corrected chi connectivity index (χ0v) is 9.45. The van der Waals surface area contributed by atoms with Gasteiger partial charge >= 0.3 is 0 Å². The number of rotatable bonds is 5. The first-order valence-electron chi connectivity index (χ1n) is 5.70. The fourth-order valence-corrected chi connectivity index (χ4v) is 1.97. The lowest BCUT2D eigenvalue weighted by Crippen LogP contribution is -2.42. The maximum Gasteiger partial charge on any atom is 0.274 e. The van der Waals surface area contributed by atoms with Crippen molar-refractivity contribution in [3.63, 3.8) is 0 Å². The van der Waals surface area contributed by atoms with Gasteiger partial charge in [0.05, 0.1) is 17.6 Å². The van der Waals surface area contributed by atoms with Crippen LogP contribution >= 0.6 is 0 Å². The van der Waals surface area contributed by atoms with Crippen LogP contribution in [0.3, 0.4) is 0 Å². The fraction of sp³-hybridized carbons (Fsp3) is 0.545. The van der Waals surface area contributed by atoms with Crippen LogP contribution < -0.4 is 4.90 Å². The van der Waals surface area contributed by atoms with E-state index in [1.165, 1.54) is 24.8 Å². The molecule has 6 nitrogen and oxygen atoms in total. The van der Waals surface area contributed by atoms with E-state index in [0.717, 1.165) is 12.8 Å². The molecule has 0 atom stereocenters. The van der Waals surface area contributed by atoms with Crippen molar-refractivity contribution in [1.82, 2.24) is 4.98 Å². The second-order valence-electron chi connectivity index (χ2n) is 4.13. The number of nitro groups is 1. The minimum Gasteiger partial charge on any atom is -0.395 e. The van der Waals surface area contributed by atoms with E-state index in [-0.39, 0.29) is 12.3 Å². The Hall–Kier alpha value is -1.69. The van der Waals surface area contributed by atoms with Crippen molar-refractivity contribution >= 4 is 11.5 Å². The third kappa shape index (κ3) is 2.52. The Morgan fingerprint density at radius 3 is 2.88 bits per heavy atom. The van der Waals surface area contributed by atoms with Crippen LogP contribution in [0.4, 0.5) is 11.5 Å². The minimum atomic E-state index is -0.428. The predicted octanol–water partition coefficient (Wildman–Crippen LogP) is 1.34. The van der Waals surface area contributed by atoms with Gasteiger partial charge in [0.2, 0.25) is 0 Å². The highest BCUT2D eigenvalue weighted by Crippen LogP contribution is 2.29. The Morgan fingerprint density at radius 2 is 2.35 bits per heavy atom. The van der Waals surface area contributed by atoms with E-state index < -0.39 is 4.92 Å². The van der Waals surface area contributed by atoms with E-state index in [4.69, 9.17) is 5.11 Å². The van der Waals surface area contributed by atoms with Gasteiger partial charge in [0, 0.05) is 24.8 Å². The average Bonchev–Trinajstić information content (AvgIpc) is 2.26. The van der Waals surface area contributed by atoms with E-state index in [0.29, 0.717) is 18.4 Å². The van der Waals surface area contributed by atoms with Crippen LogP contribution in [0.1, 0.15) is 19.3 Å². The zero-order chi connectivity index (χ0) is 12.3. The van der Waals surface area contributed by atoms with Gasteiger partial charge < -0.3 is 10.0 Å². The molecule has 1 aliphatic carbocycles. The van der Waals surface area contributed by atoms with Gasteiger partial charge in [-0.25, -0.2) is 4.98 Å². The smallest absolute Gasteiger partial charge is 0.274 e. The number of aliphatic hydroxyl groups is 1. The third-order valence-corrected chi connectivity index (χ3v) is 3.09. The molecule has 1 aromatic heterocycles. The molecule has 92 valence electrons. The minimum absolute atomic E-state index is 0.0286. The van der Waals surface area contributed by atoms with Crippen molar-refractivity contribution in [3.8, 4) is 0 Å². The van der Waals surface area contributed by atoms with Crippen LogP contribution in [0.15, 0.2) is 18.3 Å². The van der Waals surface area contributed by atoms with E-state index in [9.17, 15) is 10.1 Å². The molecule has 17 heavy (non-hydrogen) atoms. The number of hydrogen-bond acceptors (Lipinski definition) is 5. The van der Waals surface area contributed by atoms with Gasteiger partial charge in [-0.15, -0.1) is 0 Å². The van der Waals surface area contributed by atoms with Crippen LogP contribution in [0.2, 0.25) is 0 Å². The molecule has 0 radical (unpaired) electrons. The summed E-state index contributed by atoms with van der Waals surface area (Å²) in [5, 5.41) is 19.7. The molecule has 0 spiro atoms. The summed E-state index contributed by atoms with van der Waals surface area (Å²) in [6.07, 6.45) is 4.73. The van der Waals surface area contributed by atoms with Crippen molar-refractivity contribution in [2.45, 2.75) is 25.3 Å². The molecule has 1 heterocycles. The lowest BCUT2D eigenvalue weighted by atomic mass is 9.91. The topological polar surface area (TPSA) is 79.5 Å². The molecule has 1 aromatic rings. The molecule has 1 N–H and O–H groups in total. The normalized spacial score (nSPS) is 15.4. The molecule has 2 rings (SSSR count). The fourth-order valence-electron chi connectivity index (χ4n) is 1.97. The van der Waals surface area contributed by atoms with Crippen molar-refractivity contribution in [3.05, 3.63) is 28.4 Å². The molecule has 0 aliphatic heterocycles. The Kier molecular flexibility index (Phi) is 3.53. The molecule has 0 amide bonds. The Labute approximate surface area is 99.0 Å². The molecule has 6 heteroatoms. The molecular formula is C11H15N3O3. The summed E-state index contributed by atoms with van der Waals surface area (Å²) in [5.74, 6) is 0.581. The third-order valence-electron chi connectivity index (χ3n) is 3.09. The molecule has 1 aliphatic rings. The highest BCUT2D eigenvalue weighted by Gasteiger charge is 2.26. The summed E-state index contributed by atoms with van der Waals surface area (Å²) in [5.41, 5.74) is 0.0391. The van der Waals surface area contributed by atoms with Crippen molar-refractivity contribution in [1.29, 1.82) is 0 Å². The highest BCUT2D eigenvalue weighted by molar-refractivity contribution is 5.47. The Bertz CT molecular complexity index is 407. The molecule has 0 bridgehead atoms. The summed E-state index contributed by atoms with van der Waals surface area (Å²) >= 11 is 0. The number of nitrogens with zero attached hydrogens (tertiary/aromatic N) is 3. The summed E-state index contributed by atoms with van der Waals surface area (Å²) in [6.45, 7) is 0.500. The first-order valence-corrected chi connectivity index (χ1v) is 5.70. The van der Waals surface area contributed by atoms with Crippen LogP contribution in [-0.2, 0) is 0 Å². The van der Waals surface area contributed by atoms with E-state index in [1.807, 2.05) is 4.90 Å². The first-order chi connectivity index (χ1) is 8.22. The molecular weight excluding hydrogens is 222 g/mol. The van der Waals surface area contributed by atoms with E-state index in [2.05, 4.69) is 4.98 Å². The van der Waals surface area contributed by atoms with E-state index in [1.54, 1.807) is 0 Å². The van der Waals surface area contributed by atoms with Crippen molar-refractivity contribution in [2.24, 2.45) is 0 Å². The number of anilines is 1. The van der Waals surface area contributed by atoms with Crippen LogP contribution in [-0.4, -0.2) is 34.2 Å². The number of pyridine rings is 1. The van der Waals surface area contributed by atoms with Crippen LogP contribution in [0.5, 0.6) is 0 Å². The lowest BCUT2D eigenvalue weighted by Gasteiger charge is -2.37. The van der Waals surface area contributed by atoms with Gasteiger partial charge in [-0.2, -0.15) is 0 Å². The molecule has 1 fully saturated rings. The Morgan fingerprint density at radius 1 is 1.59 bits per heavy atom. The zero-order valence-electron chi connectivity index (χ0n) is 9.45. The largest absolute Gasteiger partial charge is 0.395 e. The maximum atomic E-state index is 10.7. The Balaban J connectivity index is 2.22. The van der Waals surface area contributed by atoms with Crippen molar-refractivity contribution in [2.75, 3.05) is 18.1 Å². The highest BCUT2D eigenvalue weighted by atomic mass is 16.6. The number of hydrogen-bond donors (Lipinski definition) is 1. The van der Waals surface area contributed by atoms with E-state index >= 15 is 0 Å². The molecule has 0 saturated heterocycles. The molecule has 0 aromatic carbocycles. The van der Waals surface area contributed by atoms with Gasteiger partial charge in [-0.1, -0.05) is 0 Å². The summed E-state index contributed by atoms with van der Waals surface area (Å²) in [7, 11) is 0. The monoisotopic (exact) mass is 237 g/mol. The number of aliphatic hydroxyl groups excluding tert-OH is 1. The van der Waals surface area contributed by atoms with Gasteiger partial charge in [0.1, 0.15) is 5.82 Å². The average molecular weight is 237 g/mol. The second kappa shape index (κ2) is 5.09. The second-order valence-corrected chi connectivity index (χ2v) is 4.13. The first kappa shape index (κ1) is 11.8. The summed E-state index contributed by atoms with van der Waals surface area (Å²) < 4.78 is 0. The van der Waals surface area contributed by atoms with Gasteiger partial charge in [0.25, 0.3) is 5.69 Å². The molecule has 0 unspecified atom stereocenters. The summed E-state index contributed by atoms with van der Waals surface area (Å²) in [6, 6.07) is 3.20. The maximum absolute atomic E-state index is 10.7. The quantitative estimate of drug-likeness (QED) is 0.617. The van der Waals surface area contributed by atoms with Gasteiger partial charge in [-0.05, 0) is 19.3 Å². The SMILES string of the molecule is O=[N+]([O-])c1ccnc(N(CCO)C2CCC2)c1. The summed E-state index contributed by atoms with van der Waals surface area (Å²) in [4.78, 5) is 16.4. The van der Waals surface area contributed by atoms with Crippen LogP contribution in [0, 0.1) is 10.1 Å². The van der Waals surface area contributed by atoms with Crippen LogP contribution in [0.25, 0.3) is 0 Å². The standard InChI is InChI=1S/C11H15N3O3/c15-7-6-13(9-2-1-3-9)11-8-10(14(16)17)4-5-12-11/h4-5,8-9,15H,1-3,6-7H2. The number of aromatic nitrogens is 1. The predicted molar refractivity (Wildman–Crippen MR) is 63.0 cm³/mol. The van der Waals surface area contributed by atoms with Gasteiger partial charge in [0.15, 0.2) is 0 Å². The molecule has 1 saturated carbocycles.